The highest BCUT2D eigenvalue weighted by Gasteiger charge is 2.05. The maximum atomic E-state index is 5.31. The van der Waals surface area contributed by atoms with Crippen molar-refractivity contribution in [1.29, 1.82) is 0 Å². The quantitative estimate of drug-likeness (QED) is 0.805. The summed E-state index contributed by atoms with van der Waals surface area (Å²) in [7, 11) is 0. The summed E-state index contributed by atoms with van der Waals surface area (Å²) in [6.07, 6.45) is 5.65. The molecule has 4 heteroatoms. The Morgan fingerprint density at radius 1 is 1.53 bits per heavy atom. The van der Waals surface area contributed by atoms with Crippen LogP contribution in [0.4, 0.5) is 0 Å². The first-order valence-corrected chi connectivity index (χ1v) is 6.00. The van der Waals surface area contributed by atoms with Crippen LogP contribution in [-0.4, -0.2) is 16.2 Å². The van der Waals surface area contributed by atoms with E-state index in [-0.39, 0.29) is 0 Å². The minimum Gasteiger partial charge on any atom is -0.469 e. The number of nitrogens with zero attached hydrogens (tertiary/aromatic N) is 1. The van der Waals surface area contributed by atoms with Crippen molar-refractivity contribution in [2.24, 2.45) is 0 Å². The van der Waals surface area contributed by atoms with Crippen molar-refractivity contribution in [1.82, 2.24) is 15.5 Å². The number of aryl methyl sites for hydroxylation is 2. The zero-order valence-electron chi connectivity index (χ0n) is 10.4. The van der Waals surface area contributed by atoms with Gasteiger partial charge in [-0.3, -0.25) is 5.10 Å². The molecule has 2 aromatic rings. The lowest BCUT2D eigenvalue weighted by Gasteiger charge is -2.12. The summed E-state index contributed by atoms with van der Waals surface area (Å²) in [5, 5.41) is 10.4. The van der Waals surface area contributed by atoms with Crippen LogP contribution in [0.2, 0.25) is 0 Å². The van der Waals surface area contributed by atoms with Gasteiger partial charge in [0.05, 0.1) is 12.5 Å². The van der Waals surface area contributed by atoms with Crippen LogP contribution in [0, 0.1) is 6.92 Å². The predicted molar refractivity (Wildman–Crippen MR) is 66.7 cm³/mol. The monoisotopic (exact) mass is 233 g/mol. The highest BCUT2D eigenvalue weighted by Crippen LogP contribution is 2.07. The number of nitrogens with one attached hydrogen (secondary N) is 2. The molecule has 17 heavy (non-hydrogen) atoms. The second kappa shape index (κ2) is 5.68. The highest BCUT2D eigenvalue weighted by molar-refractivity contribution is 5.13. The smallest absolute Gasteiger partial charge is 0.103 e. The van der Waals surface area contributed by atoms with Crippen molar-refractivity contribution in [3.63, 3.8) is 0 Å². The standard InChI is InChI=1S/C13H19N3O/c1-10(5-6-13-4-3-7-17-13)14-8-12-9-15-16-11(12)2/h3-4,7,9-10,14H,5-6,8H2,1-2H3,(H,15,16)/t10-/m1/s1. The van der Waals surface area contributed by atoms with Gasteiger partial charge >= 0.3 is 0 Å². The fourth-order valence-electron chi connectivity index (χ4n) is 1.75. The van der Waals surface area contributed by atoms with E-state index in [1.54, 1.807) is 6.26 Å². The Balaban J connectivity index is 1.71. The number of aromatic nitrogens is 2. The molecule has 0 aromatic carbocycles. The number of aromatic amines is 1. The first-order chi connectivity index (χ1) is 8.25. The van der Waals surface area contributed by atoms with Crippen molar-refractivity contribution < 1.29 is 4.42 Å². The van der Waals surface area contributed by atoms with E-state index >= 15 is 0 Å². The molecule has 0 spiro atoms. The van der Waals surface area contributed by atoms with Crippen LogP contribution in [0.25, 0.3) is 0 Å². The molecule has 0 saturated heterocycles. The summed E-state index contributed by atoms with van der Waals surface area (Å²) in [6.45, 7) is 5.09. The zero-order valence-corrected chi connectivity index (χ0v) is 10.4. The van der Waals surface area contributed by atoms with Gasteiger partial charge in [0.2, 0.25) is 0 Å². The van der Waals surface area contributed by atoms with Gasteiger partial charge < -0.3 is 9.73 Å². The summed E-state index contributed by atoms with van der Waals surface area (Å²) >= 11 is 0. The molecule has 0 fully saturated rings. The summed E-state index contributed by atoms with van der Waals surface area (Å²) in [4.78, 5) is 0. The lowest BCUT2D eigenvalue weighted by molar-refractivity contribution is 0.459. The van der Waals surface area contributed by atoms with E-state index in [1.807, 2.05) is 25.3 Å². The normalized spacial score (nSPS) is 12.8. The van der Waals surface area contributed by atoms with Crippen LogP contribution in [0.3, 0.4) is 0 Å². The number of H-pyrrole nitrogens is 1. The summed E-state index contributed by atoms with van der Waals surface area (Å²) < 4.78 is 5.31. The number of hydrogen-bond donors (Lipinski definition) is 2. The number of rotatable bonds is 6. The van der Waals surface area contributed by atoms with Gasteiger partial charge in [-0.2, -0.15) is 5.10 Å². The topological polar surface area (TPSA) is 53.9 Å². The summed E-state index contributed by atoms with van der Waals surface area (Å²) in [6, 6.07) is 4.42. The molecule has 0 saturated carbocycles. The molecule has 4 nitrogen and oxygen atoms in total. The SMILES string of the molecule is Cc1[nH]ncc1CN[C@H](C)CCc1ccco1. The third-order valence-corrected chi connectivity index (χ3v) is 2.98. The summed E-state index contributed by atoms with van der Waals surface area (Å²) in [5.74, 6) is 1.05. The largest absolute Gasteiger partial charge is 0.469 e. The molecule has 1 atom stereocenters. The Labute approximate surface area is 101 Å². The molecule has 92 valence electrons. The number of furan rings is 1. The molecule has 0 unspecified atom stereocenters. The van der Waals surface area contributed by atoms with Gasteiger partial charge in [0.25, 0.3) is 0 Å². The lowest BCUT2D eigenvalue weighted by atomic mass is 10.1. The third kappa shape index (κ3) is 3.46. The van der Waals surface area contributed by atoms with Crippen LogP contribution in [0.1, 0.15) is 30.4 Å². The average Bonchev–Trinajstić information content (AvgIpc) is 2.95. The van der Waals surface area contributed by atoms with Crippen LogP contribution in [0.5, 0.6) is 0 Å². The molecule has 0 bridgehead atoms. The van der Waals surface area contributed by atoms with E-state index in [0.29, 0.717) is 6.04 Å². The van der Waals surface area contributed by atoms with Gasteiger partial charge in [-0.1, -0.05) is 0 Å². The van der Waals surface area contributed by atoms with E-state index in [0.717, 1.165) is 30.8 Å². The van der Waals surface area contributed by atoms with Crippen LogP contribution in [0.15, 0.2) is 29.0 Å². The molecule has 2 aromatic heterocycles. The van der Waals surface area contributed by atoms with Crippen LogP contribution in [-0.2, 0) is 13.0 Å². The van der Waals surface area contributed by atoms with Gasteiger partial charge in [-0.25, -0.2) is 0 Å². The Morgan fingerprint density at radius 2 is 2.41 bits per heavy atom. The Kier molecular flexibility index (Phi) is 3.98. The van der Waals surface area contributed by atoms with Crippen molar-refractivity contribution in [3.8, 4) is 0 Å². The van der Waals surface area contributed by atoms with E-state index in [9.17, 15) is 0 Å². The van der Waals surface area contributed by atoms with Crippen molar-refractivity contribution in [2.45, 2.75) is 39.3 Å². The molecule has 2 N–H and O–H groups in total. The van der Waals surface area contributed by atoms with Crippen molar-refractivity contribution in [2.75, 3.05) is 0 Å². The first kappa shape index (κ1) is 11.9. The van der Waals surface area contributed by atoms with Gasteiger partial charge in [0, 0.05) is 30.3 Å². The maximum Gasteiger partial charge on any atom is 0.103 e. The molecule has 2 heterocycles. The van der Waals surface area contributed by atoms with E-state index in [1.165, 1.54) is 5.56 Å². The third-order valence-electron chi connectivity index (χ3n) is 2.98. The lowest BCUT2D eigenvalue weighted by Crippen LogP contribution is -2.26. The fraction of sp³-hybridized carbons (Fsp3) is 0.462. The predicted octanol–water partition coefficient (Wildman–Crippen LogP) is 2.42. The summed E-state index contributed by atoms with van der Waals surface area (Å²) in [5.41, 5.74) is 2.37. The molecule has 0 amide bonds. The number of hydrogen-bond acceptors (Lipinski definition) is 3. The molecule has 2 rings (SSSR count). The van der Waals surface area contributed by atoms with Gasteiger partial charge in [-0.15, -0.1) is 0 Å². The molecular formula is C13H19N3O. The Morgan fingerprint density at radius 3 is 3.06 bits per heavy atom. The maximum absolute atomic E-state index is 5.31. The minimum atomic E-state index is 0.467. The zero-order chi connectivity index (χ0) is 12.1. The van der Waals surface area contributed by atoms with Crippen LogP contribution < -0.4 is 5.32 Å². The Bertz CT molecular complexity index is 433. The van der Waals surface area contributed by atoms with E-state index < -0.39 is 0 Å². The molecule has 0 aliphatic heterocycles. The first-order valence-electron chi connectivity index (χ1n) is 6.00. The van der Waals surface area contributed by atoms with Crippen LogP contribution >= 0.6 is 0 Å². The fourth-order valence-corrected chi connectivity index (χ4v) is 1.75. The van der Waals surface area contributed by atoms with Gasteiger partial charge in [-0.05, 0) is 32.4 Å². The second-order valence-corrected chi connectivity index (χ2v) is 4.42. The average molecular weight is 233 g/mol. The van der Waals surface area contributed by atoms with Crippen molar-refractivity contribution >= 4 is 0 Å². The van der Waals surface area contributed by atoms with Gasteiger partial charge in [0.1, 0.15) is 5.76 Å². The van der Waals surface area contributed by atoms with E-state index in [2.05, 4.69) is 22.4 Å². The van der Waals surface area contributed by atoms with Gasteiger partial charge in [0.15, 0.2) is 0 Å². The Hall–Kier alpha value is -1.55. The molecule has 0 aliphatic carbocycles. The van der Waals surface area contributed by atoms with Crippen molar-refractivity contribution in [3.05, 3.63) is 41.6 Å². The molecule has 0 aliphatic rings. The highest BCUT2D eigenvalue weighted by atomic mass is 16.3. The minimum absolute atomic E-state index is 0.467. The molecular weight excluding hydrogens is 214 g/mol. The van der Waals surface area contributed by atoms with E-state index in [4.69, 9.17) is 4.42 Å². The second-order valence-electron chi connectivity index (χ2n) is 4.42. The molecule has 0 radical (unpaired) electrons.